The lowest BCUT2D eigenvalue weighted by atomic mass is 10.00. The van der Waals surface area contributed by atoms with Crippen LogP contribution in [0.2, 0.25) is 0 Å². The highest BCUT2D eigenvalue weighted by atomic mass is 16.6. The summed E-state index contributed by atoms with van der Waals surface area (Å²) in [5, 5.41) is 13.7. The molecule has 0 aromatic carbocycles. The molecule has 1 aromatic heterocycles. The Kier molecular flexibility index (Phi) is 4.35. The smallest absolute Gasteiger partial charge is 0.322 e. The van der Waals surface area contributed by atoms with E-state index >= 15 is 0 Å². The molecule has 1 atom stereocenters. The van der Waals surface area contributed by atoms with E-state index in [0.29, 0.717) is 11.4 Å². The van der Waals surface area contributed by atoms with Gasteiger partial charge in [0.2, 0.25) is 0 Å². The van der Waals surface area contributed by atoms with Crippen LogP contribution in [0.3, 0.4) is 0 Å². The number of hydrogen-bond donors (Lipinski definition) is 2. The predicted octanol–water partition coefficient (Wildman–Crippen LogP) is -0.492. The molecule has 4 amide bonds. The van der Waals surface area contributed by atoms with Gasteiger partial charge in [-0.3, -0.25) is 34.5 Å². The number of imide groups is 1. The van der Waals surface area contributed by atoms with Gasteiger partial charge in [0.05, 0.1) is 11.1 Å². The van der Waals surface area contributed by atoms with Gasteiger partial charge in [0.25, 0.3) is 23.1 Å². The topological polar surface area (TPSA) is 144 Å². The van der Waals surface area contributed by atoms with Crippen molar-refractivity contribution in [3.05, 3.63) is 38.8 Å². The predicted molar refractivity (Wildman–Crippen MR) is 79.6 cm³/mol. The number of hydrogen-bond acceptors (Lipinski definition) is 6. The van der Waals surface area contributed by atoms with Crippen molar-refractivity contribution >= 4 is 23.5 Å². The Balaban J connectivity index is 2.13. The molecule has 24 heavy (non-hydrogen) atoms. The summed E-state index contributed by atoms with van der Waals surface area (Å²) in [5.41, 5.74) is -0.0206. The first-order valence-electron chi connectivity index (χ1n) is 6.99. The molecule has 1 unspecified atom stereocenters. The van der Waals surface area contributed by atoms with Crippen LogP contribution in [0.1, 0.15) is 20.3 Å². The Morgan fingerprint density at radius 1 is 1.38 bits per heavy atom. The molecule has 0 aliphatic carbocycles. The number of amides is 4. The first-order chi connectivity index (χ1) is 11.2. The third-order valence-corrected chi connectivity index (χ3v) is 3.70. The van der Waals surface area contributed by atoms with Crippen LogP contribution in [-0.4, -0.2) is 37.9 Å². The average Bonchev–Trinajstić information content (AvgIpc) is 2.73. The van der Waals surface area contributed by atoms with Crippen LogP contribution in [0.5, 0.6) is 0 Å². The molecule has 0 spiro atoms. The van der Waals surface area contributed by atoms with E-state index in [2.05, 4.69) is 10.7 Å². The van der Waals surface area contributed by atoms with Gasteiger partial charge in [-0.2, -0.15) is 5.01 Å². The molecule has 1 saturated heterocycles. The van der Waals surface area contributed by atoms with Crippen molar-refractivity contribution in [2.24, 2.45) is 0 Å². The summed E-state index contributed by atoms with van der Waals surface area (Å²) in [4.78, 5) is 57.5. The second-order valence-electron chi connectivity index (χ2n) is 5.40. The summed E-state index contributed by atoms with van der Waals surface area (Å²) in [7, 11) is 0. The highest BCUT2D eigenvalue weighted by Gasteiger charge is 2.47. The molecule has 128 valence electrons. The van der Waals surface area contributed by atoms with Crippen molar-refractivity contribution in [3.8, 4) is 0 Å². The minimum absolute atomic E-state index is 0.328. The molecular weight excluding hydrogens is 322 g/mol. The number of pyridine rings is 1. The number of nitro groups is 1. The fourth-order valence-corrected chi connectivity index (χ4v) is 2.09. The zero-order valence-electron chi connectivity index (χ0n) is 12.9. The van der Waals surface area contributed by atoms with Gasteiger partial charge in [-0.05, 0) is 13.3 Å². The highest BCUT2D eigenvalue weighted by Crippen LogP contribution is 2.19. The molecule has 2 rings (SSSR count). The summed E-state index contributed by atoms with van der Waals surface area (Å²) in [6.07, 6.45) is 1.23. The van der Waals surface area contributed by atoms with Crippen molar-refractivity contribution < 1.29 is 19.3 Å². The molecule has 1 aliphatic heterocycles. The first-order valence-corrected chi connectivity index (χ1v) is 6.99. The number of aromatic nitrogens is 1. The third kappa shape index (κ3) is 3.09. The second-order valence-corrected chi connectivity index (χ2v) is 5.40. The largest absolute Gasteiger partial charge is 0.344 e. The van der Waals surface area contributed by atoms with Crippen LogP contribution >= 0.6 is 0 Å². The maximum absolute atomic E-state index is 12.1. The molecule has 2 heterocycles. The van der Waals surface area contributed by atoms with E-state index in [1.165, 1.54) is 6.92 Å². The van der Waals surface area contributed by atoms with Crippen LogP contribution in [0.15, 0.2) is 23.1 Å². The SMILES string of the molecule is CCC1(C)NC(=O)N(NC(=O)Cn2cc([N+](=O)[O-])ccc2=O)C1=O. The van der Waals surface area contributed by atoms with Crippen molar-refractivity contribution in [3.63, 3.8) is 0 Å². The molecule has 0 bridgehead atoms. The average molecular weight is 337 g/mol. The number of carbonyl (C=O) groups excluding carboxylic acids is 3. The van der Waals surface area contributed by atoms with Gasteiger partial charge in [0.1, 0.15) is 12.1 Å². The van der Waals surface area contributed by atoms with E-state index in [0.717, 1.165) is 22.9 Å². The maximum Gasteiger partial charge on any atom is 0.344 e. The van der Waals surface area contributed by atoms with Crippen molar-refractivity contribution in [1.82, 2.24) is 20.3 Å². The van der Waals surface area contributed by atoms with Crippen molar-refractivity contribution in [1.29, 1.82) is 0 Å². The van der Waals surface area contributed by atoms with E-state index in [-0.39, 0.29) is 5.69 Å². The monoisotopic (exact) mass is 337 g/mol. The summed E-state index contributed by atoms with van der Waals surface area (Å²) < 4.78 is 0.810. The number of rotatable bonds is 5. The molecule has 2 N–H and O–H groups in total. The van der Waals surface area contributed by atoms with Crippen LogP contribution < -0.4 is 16.3 Å². The molecule has 1 fully saturated rings. The quantitative estimate of drug-likeness (QED) is 0.421. The first kappa shape index (κ1) is 17.1. The lowest BCUT2D eigenvalue weighted by Crippen LogP contribution is -2.49. The summed E-state index contributed by atoms with van der Waals surface area (Å²) in [6, 6.07) is 1.18. The van der Waals surface area contributed by atoms with Gasteiger partial charge >= 0.3 is 6.03 Å². The summed E-state index contributed by atoms with van der Waals surface area (Å²) in [5.74, 6) is -1.48. The second kappa shape index (κ2) is 6.10. The third-order valence-electron chi connectivity index (χ3n) is 3.70. The van der Waals surface area contributed by atoms with E-state index in [9.17, 15) is 29.3 Å². The molecule has 1 aromatic rings. The number of carbonyl (C=O) groups is 3. The fourth-order valence-electron chi connectivity index (χ4n) is 2.09. The molecular formula is C13H15N5O6. The minimum Gasteiger partial charge on any atom is -0.322 e. The highest BCUT2D eigenvalue weighted by molar-refractivity contribution is 6.07. The Hall–Kier alpha value is -3.24. The van der Waals surface area contributed by atoms with Gasteiger partial charge in [0.15, 0.2) is 0 Å². The number of nitrogens with one attached hydrogen (secondary N) is 2. The number of urea groups is 1. The van der Waals surface area contributed by atoms with Gasteiger partial charge in [-0.1, -0.05) is 6.92 Å². The lowest BCUT2D eigenvalue weighted by molar-refractivity contribution is -0.385. The normalized spacial score (nSPS) is 20.0. The van der Waals surface area contributed by atoms with Crippen LogP contribution in [0.4, 0.5) is 10.5 Å². The zero-order chi connectivity index (χ0) is 18.1. The number of nitrogens with zero attached hydrogens (tertiary/aromatic N) is 3. The van der Waals surface area contributed by atoms with Crippen molar-refractivity contribution in [2.45, 2.75) is 32.4 Å². The Labute approximate surface area is 135 Å². The zero-order valence-corrected chi connectivity index (χ0v) is 12.9. The minimum atomic E-state index is -1.12. The van der Waals surface area contributed by atoms with Gasteiger partial charge in [-0.15, -0.1) is 0 Å². The maximum atomic E-state index is 12.1. The summed E-state index contributed by atoms with van der Waals surface area (Å²) >= 11 is 0. The summed E-state index contributed by atoms with van der Waals surface area (Å²) in [6.45, 7) is 2.64. The Morgan fingerprint density at radius 3 is 2.58 bits per heavy atom. The van der Waals surface area contributed by atoms with Crippen LogP contribution in [0, 0.1) is 10.1 Å². The van der Waals surface area contributed by atoms with Crippen molar-refractivity contribution in [2.75, 3.05) is 0 Å². The number of hydrazine groups is 1. The van der Waals surface area contributed by atoms with Crippen LogP contribution in [0.25, 0.3) is 0 Å². The fraction of sp³-hybridized carbons (Fsp3) is 0.385. The molecule has 1 aliphatic rings. The van der Waals surface area contributed by atoms with E-state index in [1.807, 2.05) is 0 Å². The van der Waals surface area contributed by atoms with E-state index in [1.54, 1.807) is 6.92 Å². The Bertz CT molecular complexity index is 787. The van der Waals surface area contributed by atoms with Gasteiger partial charge in [0, 0.05) is 12.1 Å². The van der Waals surface area contributed by atoms with Gasteiger partial charge < -0.3 is 5.32 Å². The van der Waals surface area contributed by atoms with E-state index in [4.69, 9.17) is 0 Å². The van der Waals surface area contributed by atoms with Gasteiger partial charge in [-0.25, -0.2) is 4.79 Å². The lowest BCUT2D eigenvalue weighted by Gasteiger charge is -2.19. The molecule has 11 nitrogen and oxygen atoms in total. The standard InChI is InChI=1S/C13H15N5O6/c1-3-13(2)11(21)17(12(22)14-13)15-9(19)7-16-6-8(18(23)24)4-5-10(16)20/h4-6H,3,7H2,1-2H3,(H,14,22)(H,15,19). The van der Waals surface area contributed by atoms with E-state index < -0.39 is 40.4 Å². The Morgan fingerprint density at radius 2 is 2.04 bits per heavy atom. The molecule has 0 saturated carbocycles. The van der Waals surface area contributed by atoms with Crippen LogP contribution in [-0.2, 0) is 16.1 Å². The molecule has 0 radical (unpaired) electrons. The molecule has 11 heteroatoms.